The van der Waals surface area contributed by atoms with Crippen molar-refractivity contribution in [2.45, 2.75) is 26.8 Å². The lowest BCUT2D eigenvalue weighted by Gasteiger charge is -2.07. The number of benzene rings is 1. The van der Waals surface area contributed by atoms with Gasteiger partial charge < -0.3 is 5.32 Å². The molecule has 0 atom stereocenters. The molecule has 0 radical (unpaired) electrons. The maximum Gasteiger partial charge on any atom is 0.0496 e. The second-order valence-corrected chi connectivity index (χ2v) is 4.93. The average Bonchev–Trinajstić information content (AvgIpc) is 2.72. The number of hydrogen-bond donors (Lipinski definition) is 1. The van der Waals surface area contributed by atoms with Crippen molar-refractivity contribution < 1.29 is 0 Å². The highest BCUT2D eigenvalue weighted by atomic mass is 32.1. The zero-order valence-corrected chi connectivity index (χ0v) is 10.6. The molecular weight excluding hydrogens is 214 g/mol. The fourth-order valence-electron chi connectivity index (χ4n) is 1.67. The molecule has 2 aromatic rings. The van der Waals surface area contributed by atoms with Crippen molar-refractivity contribution >= 4 is 17.0 Å². The van der Waals surface area contributed by atoms with Gasteiger partial charge in [-0.2, -0.15) is 0 Å². The Labute approximate surface area is 101 Å². The van der Waals surface area contributed by atoms with E-state index in [1.165, 1.54) is 21.7 Å². The smallest absolute Gasteiger partial charge is 0.0496 e. The lowest BCUT2D eigenvalue weighted by molar-refractivity contribution is 1.12. The van der Waals surface area contributed by atoms with E-state index in [0.717, 1.165) is 13.0 Å². The Kier molecular flexibility index (Phi) is 3.62. The summed E-state index contributed by atoms with van der Waals surface area (Å²) in [5.41, 5.74) is 3.98. The van der Waals surface area contributed by atoms with Gasteiger partial charge in [0.15, 0.2) is 0 Å². The van der Waals surface area contributed by atoms with Gasteiger partial charge in [-0.3, -0.25) is 0 Å². The van der Waals surface area contributed by atoms with Crippen LogP contribution in [0, 0.1) is 6.92 Å². The molecule has 1 nitrogen and oxygen atoms in total. The molecule has 0 spiro atoms. The molecule has 16 heavy (non-hydrogen) atoms. The van der Waals surface area contributed by atoms with Gasteiger partial charge in [-0.05, 0) is 48.1 Å². The summed E-state index contributed by atoms with van der Waals surface area (Å²) in [5, 5.41) is 5.62. The van der Waals surface area contributed by atoms with Gasteiger partial charge in [0.05, 0.1) is 0 Å². The summed E-state index contributed by atoms with van der Waals surface area (Å²) in [6.45, 7) is 5.27. The summed E-state index contributed by atoms with van der Waals surface area (Å²) in [5.74, 6) is 0. The predicted molar refractivity (Wildman–Crippen MR) is 72.2 cm³/mol. The summed E-state index contributed by atoms with van der Waals surface area (Å²) >= 11 is 1.82. The van der Waals surface area contributed by atoms with Crippen molar-refractivity contribution in [3.05, 3.63) is 51.7 Å². The molecule has 0 saturated heterocycles. The van der Waals surface area contributed by atoms with Crippen LogP contribution in [0.5, 0.6) is 0 Å². The van der Waals surface area contributed by atoms with Crippen LogP contribution in [-0.4, -0.2) is 0 Å². The largest absolute Gasteiger partial charge is 0.380 e. The molecule has 1 heterocycles. The topological polar surface area (TPSA) is 12.0 Å². The third kappa shape index (κ3) is 2.64. The molecule has 1 aromatic carbocycles. The van der Waals surface area contributed by atoms with E-state index < -0.39 is 0 Å². The van der Waals surface area contributed by atoms with Crippen LogP contribution < -0.4 is 5.32 Å². The summed E-state index contributed by atoms with van der Waals surface area (Å²) in [7, 11) is 0. The molecule has 84 valence electrons. The van der Waals surface area contributed by atoms with Crippen molar-refractivity contribution in [2.24, 2.45) is 0 Å². The zero-order valence-electron chi connectivity index (χ0n) is 9.79. The summed E-state index contributed by atoms with van der Waals surface area (Å²) in [4.78, 5) is 1.42. The van der Waals surface area contributed by atoms with Gasteiger partial charge in [0, 0.05) is 17.1 Å². The molecule has 0 bridgehead atoms. The summed E-state index contributed by atoms with van der Waals surface area (Å²) in [6, 6.07) is 10.8. The van der Waals surface area contributed by atoms with Gasteiger partial charge in [0.1, 0.15) is 0 Å². The molecule has 0 aliphatic heterocycles. The van der Waals surface area contributed by atoms with Gasteiger partial charge >= 0.3 is 0 Å². The van der Waals surface area contributed by atoms with E-state index in [2.05, 4.69) is 54.9 Å². The highest BCUT2D eigenvalue weighted by Crippen LogP contribution is 2.18. The minimum absolute atomic E-state index is 0.927. The van der Waals surface area contributed by atoms with Crippen LogP contribution in [0.15, 0.2) is 35.7 Å². The molecular formula is C14H17NS. The Hall–Kier alpha value is -1.28. The minimum Gasteiger partial charge on any atom is -0.380 e. The number of nitrogens with one attached hydrogen (secondary N) is 1. The van der Waals surface area contributed by atoms with Crippen LogP contribution in [0.3, 0.4) is 0 Å². The van der Waals surface area contributed by atoms with Gasteiger partial charge in [0.25, 0.3) is 0 Å². The molecule has 0 amide bonds. The standard InChI is InChI=1S/C14H17NS/c1-3-12-5-4-6-13(9-12)15-10-14-11(2)7-8-16-14/h4-9,15H,3,10H2,1-2H3. The first-order valence-electron chi connectivity index (χ1n) is 5.65. The lowest BCUT2D eigenvalue weighted by atomic mass is 10.1. The molecule has 2 heteroatoms. The van der Waals surface area contributed by atoms with Gasteiger partial charge in [0.2, 0.25) is 0 Å². The Balaban J connectivity index is 2.02. The Morgan fingerprint density at radius 1 is 1.25 bits per heavy atom. The average molecular weight is 231 g/mol. The first kappa shape index (κ1) is 11.2. The normalized spacial score (nSPS) is 10.4. The van der Waals surface area contributed by atoms with Gasteiger partial charge in [-0.25, -0.2) is 0 Å². The number of anilines is 1. The van der Waals surface area contributed by atoms with Crippen molar-refractivity contribution in [1.29, 1.82) is 0 Å². The summed E-state index contributed by atoms with van der Waals surface area (Å²) in [6.07, 6.45) is 1.09. The van der Waals surface area contributed by atoms with Gasteiger partial charge in [-0.15, -0.1) is 11.3 Å². The van der Waals surface area contributed by atoms with E-state index in [4.69, 9.17) is 0 Å². The van der Waals surface area contributed by atoms with Crippen molar-refractivity contribution in [2.75, 3.05) is 5.32 Å². The number of aryl methyl sites for hydroxylation is 2. The van der Waals surface area contributed by atoms with E-state index >= 15 is 0 Å². The van der Waals surface area contributed by atoms with E-state index in [1.54, 1.807) is 0 Å². The third-order valence-corrected chi connectivity index (χ3v) is 3.78. The van der Waals surface area contributed by atoms with Crippen molar-refractivity contribution in [3.63, 3.8) is 0 Å². The van der Waals surface area contributed by atoms with E-state index in [0.29, 0.717) is 0 Å². The minimum atomic E-state index is 0.927. The zero-order chi connectivity index (χ0) is 11.4. The molecule has 0 aliphatic carbocycles. The van der Waals surface area contributed by atoms with Crippen molar-refractivity contribution in [1.82, 2.24) is 0 Å². The Bertz CT molecular complexity index is 459. The molecule has 2 rings (SSSR count). The fourth-order valence-corrected chi connectivity index (χ4v) is 2.51. The predicted octanol–water partition coefficient (Wildman–Crippen LogP) is 4.23. The van der Waals surface area contributed by atoms with Crippen molar-refractivity contribution in [3.8, 4) is 0 Å². The lowest BCUT2D eigenvalue weighted by Crippen LogP contribution is -1.99. The molecule has 1 aromatic heterocycles. The molecule has 0 saturated carbocycles. The third-order valence-electron chi connectivity index (χ3n) is 2.76. The first-order chi connectivity index (χ1) is 7.79. The van der Waals surface area contributed by atoms with Crippen LogP contribution >= 0.6 is 11.3 Å². The van der Waals surface area contributed by atoms with Gasteiger partial charge in [-0.1, -0.05) is 19.1 Å². The van der Waals surface area contributed by atoms with E-state index in [9.17, 15) is 0 Å². The fraction of sp³-hybridized carbons (Fsp3) is 0.286. The first-order valence-corrected chi connectivity index (χ1v) is 6.53. The van der Waals surface area contributed by atoms with Crippen LogP contribution in [0.1, 0.15) is 22.9 Å². The molecule has 0 fully saturated rings. The van der Waals surface area contributed by atoms with E-state index in [1.807, 2.05) is 11.3 Å². The highest BCUT2D eigenvalue weighted by molar-refractivity contribution is 7.10. The Morgan fingerprint density at radius 3 is 2.81 bits per heavy atom. The maximum absolute atomic E-state index is 3.47. The second-order valence-electron chi connectivity index (χ2n) is 3.93. The summed E-state index contributed by atoms with van der Waals surface area (Å²) < 4.78 is 0. The second kappa shape index (κ2) is 5.17. The van der Waals surface area contributed by atoms with Crippen LogP contribution in [0.25, 0.3) is 0 Å². The van der Waals surface area contributed by atoms with Crippen LogP contribution in [-0.2, 0) is 13.0 Å². The number of rotatable bonds is 4. The quantitative estimate of drug-likeness (QED) is 0.830. The number of thiophene rings is 1. The molecule has 0 unspecified atom stereocenters. The number of hydrogen-bond acceptors (Lipinski definition) is 2. The molecule has 1 N–H and O–H groups in total. The van der Waals surface area contributed by atoms with Crippen LogP contribution in [0.4, 0.5) is 5.69 Å². The SMILES string of the molecule is CCc1cccc(NCc2sccc2C)c1. The Morgan fingerprint density at radius 2 is 2.12 bits per heavy atom. The maximum atomic E-state index is 3.47. The van der Waals surface area contributed by atoms with E-state index in [-0.39, 0.29) is 0 Å². The van der Waals surface area contributed by atoms with Crippen LogP contribution in [0.2, 0.25) is 0 Å². The highest BCUT2D eigenvalue weighted by Gasteiger charge is 1.99. The molecule has 0 aliphatic rings. The monoisotopic (exact) mass is 231 g/mol.